The molecule has 0 unspecified atom stereocenters. The number of nitrogens with zero attached hydrogens (tertiary/aromatic N) is 1. The summed E-state index contributed by atoms with van der Waals surface area (Å²) in [7, 11) is 2.37. The molecule has 1 N–H and O–H groups in total. The van der Waals surface area contributed by atoms with E-state index in [4.69, 9.17) is 5.11 Å². The number of benzene rings is 1. The van der Waals surface area contributed by atoms with Gasteiger partial charge in [0, 0.05) is 18.9 Å². The molecule has 4 nitrogen and oxygen atoms in total. The van der Waals surface area contributed by atoms with Gasteiger partial charge in [-0.25, -0.2) is 4.79 Å². The Balaban J connectivity index is 0.000000771. The number of aliphatic hydroxyl groups excluding tert-OH is 1. The summed E-state index contributed by atoms with van der Waals surface area (Å²) < 4.78 is 4.67. The van der Waals surface area contributed by atoms with E-state index in [0.29, 0.717) is 5.56 Å². The van der Waals surface area contributed by atoms with E-state index in [-0.39, 0.29) is 5.97 Å². The Kier molecular flexibility index (Phi) is 5.54. The van der Waals surface area contributed by atoms with Crippen LogP contribution in [-0.4, -0.2) is 30.3 Å². The van der Waals surface area contributed by atoms with Crippen LogP contribution in [0.2, 0.25) is 0 Å². The molecule has 1 aromatic heterocycles. The van der Waals surface area contributed by atoms with Gasteiger partial charge in [0.05, 0.1) is 18.4 Å². The normalized spacial score (nSPS) is 9.06. The zero-order valence-electron chi connectivity index (χ0n) is 10.3. The van der Waals surface area contributed by atoms with Crippen LogP contribution in [0.5, 0.6) is 0 Å². The van der Waals surface area contributed by atoms with Crippen molar-refractivity contribution >= 4 is 5.97 Å². The Morgan fingerprint density at radius 3 is 2.56 bits per heavy atom. The molecule has 0 fully saturated rings. The fourth-order valence-electron chi connectivity index (χ4n) is 1.46. The van der Waals surface area contributed by atoms with Gasteiger partial charge in [0.15, 0.2) is 0 Å². The number of esters is 1. The Morgan fingerprint density at radius 2 is 1.94 bits per heavy atom. The van der Waals surface area contributed by atoms with Gasteiger partial charge in [-0.15, -0.1) is 0 Å². The van der Waals surface area contributed by atoms with Crippen molar-refractivity contribution in [3.05, 3.63) is 54.2 Å². The molecule has 0 bridgehead atoms. The van der Waals surface area contributed by atoms with Crippen LogP contribution in [0.4, 0.5) is 0 Å². The minimum absolute atomic E-state index is 0.335. The highest BCUT2D eigenvalue weighted by molar-refractivity contribution is 5.90. The zero-order chi connectivity index (χ0) is 13.4. The molecule has 4 heteroatoms. The standard InChI is InChI=1S/C13H11NO2.CH4O/c1-16-13(15)11-6-4-5-10(9-11)12-7-2-3-8-14-12;1-2/h2-9H,1H3;2H,1H3. The van der Waals surface area contributed by atoms with E-state index in [1.54, 1.807) is 18.3 Å². The average molecular weight is 245 g/mol. The lowest BCUT2D eigenvalue weighted by atomic mass is 10.1. The van der Waals surface area contributed by atoms with Crippen LogP contribution in [0.1, 0.15) is 10.4 Å². The van der Waals surface area contributed by atoms with Crippen LogP contribution in [0.3, 0.4) is 0 Å². The summed E-state index contributed by atoms with van der Waals surface area (Å²) in [5.74, 6) is -0.335. The SMILES string of the molecule is CO.COC(=O)c1cccc(-c2ccccn2)c1. The first-order chi connectivity index (χ1) is 8.81. The molecule has 18 heavy (non-hydrogen) atoms. The summed E-state index contributed by atoms with van der Waals surface area (Å²) >= 11 is 0. The van der Waals surface area contributed by atoms with E-state index in [2.05, 4.69) is 9.72 Å². The van der Waals surface area contributed by atoms with Crippen molar-refractivity contribution in [1.29, 1.82) is 0 Å². The van der Waals surface area contributed by atoms with E-state index in [1.807, 2.05) is 30.3 Å². The molecule has 0 atom stereocenters. The summed E-state index contributed by atoms with van der Waals surface area (Å²) in [4.78, 5) is 15.6. The monoisotopic (exact) mass is 245 g/mol. The van der Waals surface area contributed by atoms with Crippen LogP contribution in [-0.2, 0) is 4.74 Å². The Morgan fingerprint density at radius 1 is 1.17 bits per heavy atom. The maximum Gasteiger partial charge on any atom is 0.337 e. The van der Waals surface area contributed by atoms with Crippen molar-refractivity contribution in [2.24, 2.45) is 0 Å². The number of carbonyl (C=O) groups is 1. The zero-order valence-corrected chi connectivity index (χ0v) is 10.3. The van der Waals surface area contributed by atoms with Gasteiger partial charge in [-0.1, -0.05) is 18.2 Å². The van der Waals surface area contributed by atoms with E-state index in [0.717, 1.165) is 18.4 Å². The van der Waals surface area contributed by atoms with Gasteiger partial charge in [0.25, 0.3) is 0 Å². The molecular weight excluding hydrogens is 230 g/mol. The van der Waals surface area contributed by atoms with Gasteiger partial charge in [-0.3, -0.25) is 4.98 Å². The molecule has 0 radical (unpaired) electrons. The maximum atomic E-state index is 11.4. The fraction of sp³-hybridized carbons (Fsp3) is 0.143. The summed E-state index contributed by atoms with van der Waals surface area (Å²) in [6, 6.07) is 12.9. The van der Waals surface area contributed by atoms with Crippen molar-refractivity contribution in [2.45, 2.75) is 0 Å². The van der Waals surface area contributed by atoms with E-state index >= 15 is 0 Å². The lowest BCUT2D eigenvalue weighted by Gasteiger charge is -2.03. The van der Waals surface area contributed by atoms with E-state index in [9.17, 15) is 4.79 Å². The molecule has 1 aromatic carbocycles. The first-order valence-corrected chi connectivity index (χ1v) is 5.36. The average Bonchev–Trinajstić information content (AvgIpc) is 2.49. The topological polar surface area (TPSA) is 59.4 Å². The summed E-state index contributed by atoms with van der Waals surface area (Å²) in [6.45, 7) is 0. The number of aromatic nitrogens is 1. The predicted octanol–water partition coefficient (Wildman–Crippen LogP) is 2.14. The van der Waals surface area contributed by atoms with Crippen molar-refractivity contribution in [3.8, 4) is 11.3 Å². The third-order valence-corrected chi connectivity index (χ3v) is 2.24. The number of hydrogen-bond donors (Lipinski definition) is 1. The number of pyridine rings is 1. The molecule has 0 spiro atoms. The highest BCUT2D eigenvalue weighted by Crippen LogP contribution is 2.17. The second-order valence-electron chi connectivity index (χ2n) is 3.29. The van der Waals surface area contributed by atoms with Crippen LogP contribution in [0.25, 0.3) is 11.3 Å². The predicted molar refractivity (Wildman–Crippen MR) is 69.2 cm³/mol. The van der Waals surface area contributed by atoms with Crippen molar-refractivity contribution in [1.82, 2.24) is 4.98 Å². The first kappa shape index (κ1) is 13.9. The number of hydrogen-bond acceptors (Lipinski definition) is 4. The Hall–Kier alpha value is -2.20. The number of aliphatic hydroxyl groups is 1. The summed E-state index contributed by atoms with van der Waals surface area (Å²) in [5, 5.41) is 7.00. The molecule has 0 saturated heterocycles. The maximum absolute atomic E-state index is 11.4. The smallest absolute Gasteiger partial charge is 0.337 e. The minimum atomic E-state index is -0.335. The Bertz CT molecular complexity index is 497. The lowest BCUT2D eigenvalue weighted by molar-refractivity contribution is 0.0601. The lowest BCUT2D eigenvalue weighted by Crippen LogP contribution is -2.00. The quantitative estimate of drug-likeness (QED) is 0.823. The molecule has 2 aromatic rings. The largest absolute Gasteiger partial charge is 0.465 e. The van der Waals surface area contributed by atoms with E-state index in [1.165, 1.54) is 7.11 Å². The molecule has 0 aliphatic rings. The highest BCUT2D eigenvalue weighted by Gasteiger charge is 2.06. The molecule has 1 heterocycles. The minimum Gasteiger partial charge on any atom is -0.465 e. The molecule has 0 aliphatic carbocycles. The summed E-state index contributed by atoms with van der Waals surface area (Å²) in [5.41, 5.74) is 2.28. The van der Waals surface area contributed by atoms with Crippen LogP contribution < -0.4 is 0 Å². The van der Waals surface area contributed by atoms with Crippen molar-refractivity contribution < 1.29 is 14.6 Å². The first-order valence-electron chi connectivity index (χ1n) is 5.36. The molecule has 0 aliphatic heterocycles. The summed E-state index contributed by atoms with van der Waals surface area (Å²) in [6.07, 6.45) is 1.72. The van der Waals surface area contributed by atoms with Gasteiger partial charge in [0.1, 0.15) is 0 Å². The Labute approximate surface area is 106 Å². The van der Waals surface area contributed by atoms with Gasteiger partial charge in [0.2, 0.25) is 0 Å². The van der Waals surface area contributed by atoms with Gasteiger partial charge < -0.3 is 9.84 Å². The molecule has 2 rings (SSSR count). The third kappa shape index (κ3) is 3.40. The number of methoxy groups -OCH3 is 1. The second kappa shape index (κ2) is 7.19. The highest BCUT2D eigenvalue weighted by atomic mass is 16.5. The molecular formula is C14H15NO3. The molecule has 0 amide bonds. The van der Waals surface area contributed by atoms with Gasteiger partial charge in [-0.2, -0.15) is 0 Å². The molecule has 94 valence electrons. The van der Waals surface area contributed by atoms with Crippen LogP contribution in [0.15, 0.2) is 48.7 Å². The molecule has 0 saturated carbocycles. The third-order valence-electron chi connectivity index (χ3n) is 2.24. The fourth-order valence-corrected chi connectivity index (χ4v) is 1.46. The van der Waals surface area contributed by atoms with Crippen LogP contribution in [0, 0.1) is 0 Å². The number of ether oxygens (including phenoxy) is 1. The van der Waals surface area contributed by atoms with Crippen molar-refractivity contribution in [2.75, 3.05) is 14.2 Å². The number of carbonyl (C=O) groups excluding carboxylic acids is 1. The van der Waals surface area contributed by atoms with Crippen molar-refractivity contribution in [3.63, 3.8) is 0 Å². The van der Waals surface area contributed by atoms with E-state index < -0.39 is 0 Å². The second-order valence-corrected chi connectivity index (χ2v) is 3.29. The van der Waals surface area contributed by atoms with Crippen LogP contribution >= 0.6 is 0 Å². The number of rotatable bonds is 2. The van der Waals surface area contributed by atoms with Gasteiger partial charge in [-0.05, 0) is 24.3 Å². The van der Waals surface area contributed by atoms with Gasteiger partial charge >= 0.3 is 5.97 Å².